The van der Waals surface area contributed by atoms with Gasteiger partial charge in [-0.1, -0.05) is 12.1 Å². The highest BCUT2D eigenvalue weighted by molar-refractivity contribution is 7.91. The van der Waals surface area contributed by atoms with E-state index in [4.69, 9.17) is 14.2 Å². The Morgan fingerprint density at radius 1 is 1.12 bits per heavy atom. The minimum atomic E-state index is -4.25. The number of methoxy groups -OCH3 is 3. The van der Waals surface area contributed by atoms with Crippen LogP contribution < -0.4 is 13.8 Å². The fourth-order valence-corrected chi connectivity index (χ4v) is 5.54. The molecule has 0 saturated carbocycles. The van der Waals surface area contributed by atoms with Crippen LogP contribution in [0.1, 0.15) is 11.1 Å². The number of ether oxygens (including phenoxy) is 3. The Bertz CT molecular complexity index is 1420. The highest BCUT2D eigenvalue weighted by Gasteiger charge is 2.31. The smallest absolute Gasteiger partial charge is 0.348 e. The lowest BCUT2D eigenvalue weighted by Crippen LogP contribution is -2.36. The molecule has 2 aromatic carbocycles. The summed E-state index contributed by atoms with van der Waals surface area (Å²) in [6.07, 6.45) is 2.68. The summed E-state index contributed by atoms with van der Waals surface area (Å²) in [4.78, 5) is 15.9. The first-order valence-electron chi connectivity index (χ1n) is 9.92. The van der Waals surface area contributed by atoms with Crippen molar-refractivity contribution in [3.63, 3.8) is 0 Å². The van der Waals surface area contributed by atoms with E-state index in [2.05, 4.69) is 14.5 Å². The molecule has 0 aliphatic heterocycles. The van der Waals surface area contributed by atoms with Gasteiger partial charge in [0.05, 0.1) is 46.0 Å². The number of aromatic nitrogens is 4. The molecule has 0 unspecified atom stereocenters. The van der Waals surface area contributed by atoms with Crippen molar-refractivity contribution in [2.24, 2.45) is 0 Å². The van der Waals surface area contributed by atoms with E-state index in [9.17, 15) is 13.2 Å². The molecule has 0 aliphatic rings. The maximum atomic E-state index is 13.8. The summed E-state index contributed by atoms with van der Waals surface area (Å²) in [5, 5.41) is 4.83. The molecular formula is C21H21N5O6S2. The number of carbonyl (C=O) groups is 1. The van der Waals surface area contributed by atoms with E-state index < -0.39 is 16.2 Å². The lowest BCUT2D eigenvalue weighted by Gasteiger charge is -2.22. The van der Waals surface area contributed by atoms with Crippen molar-refractivity contribution in [2.45, 2.75) is 13.0 Å². The van der Waals surface area contributed by atoms with Crippen LogP contribution in [-0.4, -0.2) is 54.3 Å². The Balaban J connectivity index is 1.80. The van der Waals surface area contributed by atoms with Crippen LogP contribution in [0.5, 0.6) is 11.5 Å². The molecule has 0 N–H and O–H groups in total. The number of nitrogens with zero attached hydrogens (tertiary/aromatic N) is 5. The van der Waals surface area contributed by atoms with Crippen LogP contribution in [-0.2, 0) is 32.7 Å². The molecule has 4 aromatic rings. The van der Waals surface area contributed by atoms with Crippen molar-refractivity contribution in [3.8, 4) is 11.5 Å². The maximum absolute atomic E-state index is 13.8. The highest BCUT2D eigenvalue weighted by atomic mass is 32.2. The Morgan fingerprint density at radius 2 is 1.94 bits per heavy atom. The summed E-state index contributed by atoms with van der Waals surface area (Å²) < 4.78 is 49.1. The first-order valence-corrected chi connectivity index (χ1v) is 12.1. The van der Waals surface area contributed by atoms with E-state index in [-0.39, 0.29) is 18.1 Å². The van der Waals surface area contributed by atoms with Crippen molar-refractivity contribution >= 4 is 43.7 Å². The van der Waals surface area contributed by atoms with Gasteiger partial charge in [0.15, 0.2) is 0 Å². The fourth-order valence-electron chi connectivity index (χ4n) is 3.41. The average molecular weight is 504 g/mol. The third-order valence-corrected chi connectivity index (χ3v) is 7.49. The Hall–Kier alpha value is -3.71. The van der Waals surface area contributed by atoms with Crippen LogP contribution >= 0.6 is 11.5 Å². The Labute approximate surface area is 199 Å². The number of hydrogen-bond donors (Lipinski definition) is 0. The van der Waals surface area contributed by atoms with Crippen LogP contribution in [0, 0.1) is 0 Å². The summed E-state index contributed by atoms with van der Waals surface area (Å²) in [7, 11) is 0.0657. The summed E-state index contributed by atoms with van der Waals surface area (Å²) in [6, 6.07) is 10.1. The fraction of sp³-hybridized carbons (Fsp3) is 0.238. The standard InChI is InChI=1S/C21H21N5O6S2/c1-30-16-8-7-15(19(10-16)31-2)12-25(21-22-13-24-33-21)34(28,29)26-18-6-4-5-14(9-20(27)32-3)17(18)11-23-26/h4-8,10-11,13H,9,12H2,1-3H3. The van der Waals surface area contributed by atoms with Gasteiger partial charge in [0.1, 0.15) is 17.8 Å². The van der Waals surface area contributed by atoms with Gasteiger partial charge in [0.2, 0.25) is 5.13 Å². The summed E-state index contributed by atoms with van der Waals surface area (Å²) in [6.45, 7) is -0.0894. The zero-order valence-corrected chi connectivity index (χ0v) is 20.2. The van der Waals surface area contributed by atoms with Crippen LogP contribution in [0.3, 0.4) is 0 Å². The monoisotopic (exact) mass is 503 g/mol. The van der Waals surface area contributed by atoms with Gasteiger partial charge in [-0.3, -0.25) is 4.79 Å². The minimum absolute atomic E-state index is 0.0112. The van der Waals surface area contributed by atoms with E-state index in [0.29, 0.717) is 33.5 Å². The number of fused-ring (bicyclic) bond motifs is 1. The van der Waals surface area contributed by atoms with E-state index in [1.807, 2.05) is 0 Å². The molecule has 2 aromatic heterocycles. The minimum Gasteiger partial charge on any atom is -0.497 e. The van der Waals surface area contributed by atoms with E-state index in [0.717, 1.165) is 19.9 Å². The van der Waals surface area contributed by atoms with Gasteiger partial charge in [0.25, 0.3) is 0 Å². The molecule has 0 bridgehead atoms. The number of benzene rings is 2. The lowest BCUT2D eigenvalue weighted by molar-refractivity contribution is -0.139. The SMILES string of the molecule is COC(=O)Cc1cccc2c1cnn2S(=O)(=O)N(Cc1ccc(OC)cc1OC)c1ncns1. The molecule has 0 saturated heterocycles. The van der Waals surface area contributed by atoms with Crippen LogP contribution in [0.2, 0.25) is 0 Å². The number of carbonyl (C=O) groups excluding carboxylic acids is 1. The second-order valence-electron chi connectivity index (χ2n) is 7.01. The lowest BCUT2D eigenvalue weighted by atomic mass is 10.1. The molecule has 178 valence electrons. The molecule has 2 heterocycles. The molecule has 13 heteroatoms. The second kappa shape index (κ2) is 9.65. The predicted molar refractivity (Wildman–Crippen MR) is 125 cm³/mol. The predicted octanol–water partition coefficient (Wildman–Crippen LogP) is 2.42. The van der Waals surface area contributed by atoms with Gasteiger partial charge < -0.3 is 14.2 Å². The molecule has 0 spiro atoms. The number of anilines is 1. The van der Waals surface area contributed by atoms with Gasteiger partial charge in [-0.25, -0.2) is 9.29 Å². The first kappa shape index (κ1) is 23.4. The van der Waals surface area contributed by atoms with Gasteiger partial charge in [-0.05, 0) is 23.8 Å². The normalized spacial score (nSPS) is 11.4. The van der Waals surface area contributed by atoms with Crippen molar-refractivity contribution in [2.75, 3.05) is 25.6 Å². The molecule has 11 nitrogen and oxygen atoms in total. The van der Waals surface area contributed by atoms with Crippen molar-refractivity contribution in [1.82, 2.24) is 18.5 Å². The molecule has 4 rings (SSSR count). The molecule has 0 atom stereocenters. The summed E-state index contributed by atoms with van der Waals surface area (Å²) in [5.74, 6) is 0.585. The average Bonchev–Trinajstić information content (AvgIpc) is 3.53. The molecule has 0 radical (unpaired) electrons. The maximum Gasteiger partial charge on any atom is 0.348 e. The zero-order valence-electron chi connectivity index (χ0n) is 18.5. The number of rotatable bonds is 9. The van der Waals surface area contributed by atoms with Gasteiger partial charge in [-0.2, -0.15) is 17.9 Å². The van der Waals surface area contributed by atoms with E-state index >= 15 is 0 Å². The zero-order chi connectivity index (χ0) is 24.3. The number of esters is 1. The number of hydrogen-bond acceptors (Lipinski definition) is 10. The quantitative estimate of drug-likeness (QED) is 0.317. The van der Waals surface area contributed by atoms with Crippen LogP contribution in [0.15, 0.2) is 48.9 Å². The first-order chi connectivity index (χ1) is 16.4. The third kappa shape index (κ3) is 4.39. The molecule has 0 aliphatic carbocycles. The Kier molecular flexibility index (Phi) is 6.65. The summed E-state index contributed by atoms with van der Waals surface area (Å²) in [5.41, 5.74) is 1.51. The third-order valence-electron chi connectivity index (χ3n) is 5.10. The summed E-state index contributed by atoms with van der Waals surface area (Å²) >= 11 is 0.933. The second-order valence-corrected chi connectivity index (χ2v) is 9.45. The molecular weight excluding hydrogens is 482 g/mol. The van der Waals surface area contributed by atoms with Crippen molar-refractivity contribution in [1.29, 1.82) is 0 Å². The molecule has 0 amide bonds. The van der Waals surface area contributed by atoms with Crippen molar-refractivity contribution in [3.05, 3.63) is 60.0 Å². The van der Waals surface area contributed by atoms with Crippen LogP contribution in [0.25, 0.3) is 10.9 Å². The van der Waals surface area contributed by atoms with Crippen LogP contribution in [0.4, 0.5) is 5.13 Å². The topological polar surface area (TPSA) is 126 Å². The Morgan fingerprint density at radius 3 is 2.62 bits per heavy atom. The van der Waals surface area contributed by atoms with Gasteiger partial charge in [0, 0.05) is 28.5 Å². The van der Waals surface area contributed by atoms with E-state index in [1.165, 1.54) is 33.9 Å². The highest BCUT2D eigenvalue weighted by Crippen LogP contribution is 2.31. The van der Waals surface area contributed by atoms with E-state index in [1.54, 1.807) is 36.4 Å². The molecule has 34 heavy (non-hydrogen) atoms. The van der Waals surface area contributed by atoms with Gasteiger partial charge in [-0.15, -0.1) is 4.09 Å². The van der Waals surface area contributed by atoms with Gasteiger partial charge >= 0.3 is 16.2 Å². The molecule has 0 fully saturated rings. The largest absolute Gasteiger partial charge is 0.497 e. The van der Waals surface area contributed by atoms with Crippen molar-refractivity contribution < 1.29 is 27.4 Å².